The first-order chi connectivity index (χ1) is 9.94. The van der Waals surface area contributed by atoms with Crippen LogP contribution in [0.15, 0.2) is 22.7 Å². The lowest BCUT2D eigenvalue weighted by molar-refractivity contribution is -0.119. The van der Waals surface area contributed by atoms with Crippen molar-refractivity contribution in [2.45, 2.75) is 33.1 Å². The van der Waals surface area contributed by atoms with Gasteiger partial charge in [-0.05, 0) is 23.6 Å². The van der Waals surface area contributed by atoms with E-state index in [0.717, 1.165) is 5.56 Å². The first-order valence-corrected chi connectivity index (χ1v) is 7.46. The lowest BCUT2D eigenvalue weighted by Gasteiger charge is -2.01. The SMILES string of the molecule is CC(C)CC(=O)Cc1nc(Cc2ccc(Cl)cc2Cl)no1. The van der Waals surface area contributed by atoms with Crippen molar-refractivity contribution in [3.8, 4) is 0 Å². The van der Waals surface area contributed by atoms with Crippen LogP contribution in [0.5, 0.6) is 0 Å². The highest BCUT2D eigenvalue weighted by Crippen LogP contribution is 2.22. The van der Waals surface area contributed by atoms with E-state index >= 15 is 0 Å². The van der Waals surface area contributed by atoms with Gasteiger partial charge in [-0.3, -0.25) is 4.79 Å². The van der Waals surface area contributed by atoms with Crippen molar-refractivity contribution in [1.82, 2.24) is 10.1 Å². The number of carbonyl (C=O) groups excluding carboxylic acids is 1. The molecule has 6 heteroatoms. The van der Waals surface area contributed by atoms with Gasteiger partial charge in [0.2, 0.25) is 5.89 Å². The minimum Gasteiger partial charge on any atom is -0.339 e. The van der Waals surface area contributed by atoms with Gasteiger partial charge >= 0.3 is 0 Å². The first-order valence-electron chi connectivity index (χ1n) is 6.71. The Hall–Kier alpha value is -1.39. The second kappa shape index (κ2) is 7.05. The fourth-order valence-corrected chi connectivity index (χ4v) is 2.44. The standard InChI is InChI=1S/C15H16Cl2N2O2/c1-9(2)5-12(20)8-15-18-14(19-21-15)6-10-3-4-11(16)7-13(10)17/h3-4,7,9H,5-6,8H2,1-2H3. The van der Waals surface area contributed by atoms with Gasteiger partial charge in [0.05, 0.1) is 6.42 Å². The monoisotopic (exact) mass is 326 g/mol. The van der Waals surface area contributed by atoms with E-state index in [-0.39, 0.29) is 12.2 Å². The van der Waals surface area contributed by atoms with Gasteiger partial charge in [0, 0.05) is 22.9 Å². The molecule has 1 heterocycles. The molecule has 0 atom stereocenters. The Balaban J connectivity index is 2.01. The number of carbonyl (C=O) groups is 1. The highest BCUT2D eigenvalue weighted by molar-refractivity contribution is 6.35. The summed E-state index contributed by atoms with van der Waals surface area (Å²) in [5.74, 6) is 1.28. The molecule has 21 heavy (non-hydrogen) atoms. The fourth-order valence-electron chi connectivity index (χ4n) is 1.97. The van der Waals surface area contributed by atoms with Gasteiger partial charge in [-0.15, -0.1) is 0 Å². The second-order valence-electron chi connectivity index (χ2n) is 5.33. The van der Waals surface area contributed by atoms with Gasteiger partial charge in [-0.1, -0.05) is 48.3 Å². The maximum atomic E-state index is 11.7. The number of ketones is 1. The minimum atomic E-state index is 0.102. The maximum absolute atomic E-state index is 11.7. The Morgan fingerprint density at radius 1 is 1.33 bits per heavy atom. The molecular weight excluding hydrogens is 311 g/mol. The Bertz CT molecular complexity index is 638. The van der Waals surface area contributed by atoms with Crippen molar-refractivity contribution in [1.29, 1.82) is 0 Å². The molecule has 0 amide bonds. The predicted octanol–water partition coefficient (Wildman–Crippen LogP) is 4.12. The van der Waals surface area contributed by atoms with Crippen molar-refractivity contribution in [3.63, 3.8) is 0 Å². The summed E-state index contributed by atoms with van der Waals surface area (Å²) in [5.41, 5.74) is 0.863. The number of hydrogen-bond acceptors (Lipinski definition) is 4. The Labute approximate surface area is 133 Å². The molecule has 0 spiro atoms. The quantitative estimate of drug-likeness (QED) is 0.801. The van der Waals surface area contributed by atoms with Crippen LogP contribution in [0.25, 0.3) is 0 Å². The van der Waals surface area contributed by atoms with E-state index in [1.54, 1.807) is 12.1 Å². The smallest absolute Gasteiger partial charge is 0.234 e. The van der Waals surface area contributed by atoms with E-state index in [4.69, 9.17) is 27.7 Å². The molecule has 0 N–H and O–H groups in total. The molecule has 0 unspecified atom stereocenters. The van der Waals surface area contributed by atoms with Crippen molar-refractivity contribution in [2.75, 3.05) is 0 Å². The van der Waals surface area contributed by atoms with Crippen LogP contribution in [0, 0.1) is 5.92 Å². The average Bonchev–Trinajstić information content (AvgIpc) is 2.79. The molecular formula is C15H16Cl2N2O2. The number of aromatic nitrogens is 2. The van der Waals surface area contributed by atoms with Gasteiger partial charge in [0.25, 0.3) is 0 Å². The average molecular weight is 327 g/mol. The van der Waals surface area contributed by atoms with Gasteiger partial charge < -0.3 is 4.52 Å². The van der Waals surface area contributed by atoms with E-state index in [0.29, 0.717) is 40.5 Å². The largest absolute Gasteiger partial charge is 0.339 e. The first kappa shape index (κ1) is 16.0. The van der Waals surface area contributed by atoms with Gasteiger partial charge in [0.15, 0.2) is 5.82 Å². The molecule has 0 saturated carbocycles. The van der Waals surface area contributed by atoms with Gasteiger partial charge in [-0.25, -0.2) is 0 Å². The van der Waals surface area contributed by atoms with Crippen LogP contribution in [-0.4, -0.2) is 15.9 Å². The molecule has 112 valence electrons. The molecule has 0 radical (unpaired) electrons. The summed E-state index contributed by atoms with van der Waals surface area (Å²) in [6.45, 7) is 4.00. The highest BCUT2D eigenvalue weighted by atomic mass is 35.5. The van der Waals surface area contributed by atoms with Crippen LogP contribution in [-0.2, 0) is 17.6 Å². The molecule has 2 aromatic rings. The molecule has 4 nitrogen and oxygen atoms in total. The molecule has 0 aliphatic heterocycles. The number of benzene rings is 1. The Morgan fingerprint density at radius 2 is 2.10 bits per heavy atom. The van der Waals surface area contributed by atoms with E-state index in [9.17, 15) is 4.79 Å². The summed E-state index contributed by atoms with van der Waals surface area (Å²) in [4.78, 5) is 15.9. The van der Waals surface area contributed by atoms with Crippen LogP contribution in [0.2, 0.25) is 10.0 Å². The van der Waals surface area contributed by atoms with E-state index < -0.39 is 0 Å². The molecule has 0 bridgehead atoms. The minimum absolute atomic E-state index is 0.102. The predicted molar refractivity (Wildman–Crippen MR) is 81.7 cm³/mol. The molecule has 0 aliphatic carbocycles. The summed E-state index contributed by atoms with van der Waals surface area (Å²) < 4.78 is 5.10. The molecule has 0 saturated heterocycles. The summed E-state index contributed by atoms with van der Waals surface area (Å²) in [6, 6.07) is 5.26. The zero-order chi connectivity index (χ0) is 15.4. The third-order valence-electron chi connectivity index (χ3n) is 2.86. The Kier molecular flexibility index (Phi) is 5.37. The number of nitrogens with zero attached hydrogens (tertiary/aromatic N) is 2. The Morgan fingerprint density at radius 3 is 2.76 bits per heavy atom. The van der Waals surface area contributed by atoms with Gasteiger partial charge in [-0.2, -0.15) is 4.98 Å². The summed E-state index contributed by atoms with van der Waals surface area (Å²) >= 11 is 12.0. The van der Waals surface area contributed by atoms with Gasteiger partial charge in [0.1, 0.15) is 5.78 Å². The lowest BCUT2D eigenvalue weighted by atomic mass is 10.1. The van der Waals surface area contributed by atoms with Crippen LogP contribution in [0.1, 0.15) is 37.5 Å². The number of rotatable bonds is 6. The van der Waals surface area contributed by atoms with Crippen LogP contribution in [0.4, 0.5) is 0 Å². The third-order valence-corrected chi connectivity index (χ3v) is 3.45. The van der Waals surface area contributed by atoms with Crippen LogP contribution < -0.4 is 0 Å². The highest BCUT2D eigenvalue weighted by Gasteiger charge is 2.13. The van der Waals surface area contributed by atoms with Crippen molar-refractivity contribution >= 4 is 29.0 Å². The normalized spacial score (nSPS) is 11.1. The molecule has 0 aliphatic rings. The maximum Gasteiger partial charge on any atom is 0.234 e. The van der Waals surface area contributed by atoms with Crippen LogP contribution in [0.3, 0.4) is 0 Å². The van der Waals surface area contributed by atoms with Crippen LogP contribution >= 0.6 is 23.2 Å². The summed E-state index contributed by atoms with van der Waals surface area (Å²) in [5, 5.41) is 5.02. The van der Waals surface area contributed by atoms with E-state index in [1.165, 1.54) is 0 Å². The molecule has 2 rings (SSSR count). The molecule has 0 fully saturated rings. The second-order valence-corrected chi connectivity index (χ2v) is 6.17. The summed E-state index contributed by atoms with van der Waals surface area (Å²) in [6.07, 6.45) is 1.14. The number of Topliss-reactive ketones (excluding diaryl/α,β-unsaturated/α-hetero) is 1. The van der Waals surface area contributed by atoms with E-state index in [1.807, 2.05) is 19.9 Å². The summed E-state index contributed by atoms with van der Waals surface area (Å²) in [7, 11) is 0. The third kappa shape index (κ3) is 4.83. The molecule has 1 aromatic heterocycles. The fraction of sp³-hybridized carbons (Fsp3) is 0.400. The number of halogens is 2. The molecule has 1 aromatic carbocycles. The van der Waals surface area contributed by atoms with E-state index in [2.05, 4.69) is 10.1 Å². The van der Waals surface area contributed by atoms with Crippen molar-refractivity contribution in [3.05, 3.63) is 45.5 Å². The van der Waals surface area contributed by atoms with Crippen molar-refractivity contribution in [2.24, 2.45) is 5.92 Å². The zero-order valence-corrected chi connectivity index (χ0v) is 13.4. The lowest BCUT2D eigenvalue weighted by Crippen LogP contribution is -2.06. The zero-order valence-electron chi connectivity index (χ0n) is 11.9. The van der Waals surface area contributed by atoms with Crippen molar-refractivity contribution < 1.29 is 9.32 Å². The number of hydrogen-bond donors (Lipinski definition) is 0. The topological polar surface area (TPSA) is 56.0 Å².